The number of aryl methyl sites for hydroxylation is 1. The third-order valence-electron chi connectivity index (χ3n) is 5.10. The lowest BCUT2D eigenvalue weighted by Gasteiger charge is -2.13. The van der Waals surface area contributed by atoms with Crippen molar-refractivity contribution >= 4 is 5.91 Å². The number of carbonyl (C=O) groups excluding carboxylic acids is 1. The number of rotatable bonds is 9. The van der Waals surface area contributed by atoms with E-state index in [2.05, 4.69) is 19.2 Å². The molecule has 1 amide bonds. The average Bonchev–Trinajstić information content (AvgIpc) is 3.48. The van der Waals surface area contributed by atoms with Gasteiger partial charge in [0.05, 0.1) is 6.61 Å². The minimum Gasteiger partial charge on any atom is -0.493 e. The molecule has 1 saturated carbocycles. The number of amides is 1. The van der Waals surface area contributed by atoms with E-state index in [4.69, 9.17) is 4.74 Å². The normalized spacial score (nSPS) is 13.6. The molecular weight excluding hydrogens is 352 g/mol. The van der Waals surface area contributed by atoms with E-state index in [-0.39, 0.29) is 23.1 Å². The van der Waals surface area contributed by atoms with E-state index in [1.165, 1.54) is 0 Å². The second-order valence-corrected chi connectivity index (χ2v) is 7.96. The number of hydrogen-bond donors (Lipinski definition) is 1. The predicted octanol–water partition coefficient (Wildman–Crippen LogP) is 3.89. The van der Waals surface area contributed by atoms with Gasteiger partial charge in [-0.25, -0.2) is 0 Å². The molecule has 1 heterocycles. The highest BCUT2D eigenvalue weighted by molar-refractivity contribution is 5.95. The number of ether oxygens (including phenoxy) is 1. The highest BCUT2D eigenvalue weighted by Gasteiger charge is 2.26. The van der Waals surface area contributed by atoms with Crippen molar-refractivity contribution < 1.29 is 9.53 Å². The molecule has 5 nitrogen and oxygen atoms in total. The molecule has 1 aromatic carbocycles. The van der Waals surface area contributed by atoms with Crippen LogP contribution in [0.1, 0.15) is 60.6 Å². The Bertz CT molecular complexity index is 882. The van der Waals surface area contributed by atoms with Gasteiger partial charge < -0.3 is 14.6 Å². The molecule has 2 aromatic rings. The van der Waals surface area contributed by atoms with Gasteiger partial charge in [0.25, 0.3) is 11.5 Å². The van der Waals surface area contributed by atoms with Gasteiger partial charge in [-0.15, -0.1) is 0 Å². The standard InChI is InChI=1S/C23H30N2O3/c1-16(2)12-15-28-20-7-5-4-6-18(20)10-13-24-22(26)21-17(3)11-14-25(23(21)27)19-8-9-19/h4-7,11,14,16,19H,8-10,12-13,15H2,1-3H3,(H,24,26). The number of pyridine rings is 1. The van der Waals surface area contributed by atoms with Gasteiger partial charge in [0.1, 0.15) is 11.3 Å². The Morgan fingerprint density at radius 2 is 2.00 bits per heavy atom. The third-order valence-corrected chi connectivity index (χ3v) is 5.10. The number of hydrogen-bond acceptors (Lipinski definition) is 3. The number of nitrogens with zero attached hydrogens (tertiary/aromatic N) is 1. The first-order valence-electron chi connectivity index (χ1n) is 10.2. The zero-order valence-corrected chi connectivity index (χ0v) is 17.0. The Morgan fingerprint density at radius 3 is 2.71 bits per heavy atom. The molecule has 0 spiro atoms. The molecule has 1 fully saturated rings. The molecular formula is C23H30N2O3. The van der Waals surface area contributed by atoms with Crippen molar-refractivity contribution in [3.05, 3.63) is 63.6 Å². The zero-order chi connectivity index (χ0) is 20.1. The summed E-state index contributed by atoms with van der Waals surface area (Å²) < 4.78 is 7.61. The highest BCUT2D eigenvalue weighted by atomic mass is 16.5. The van der Waals surface area contributed by atoms with Crippen molar-refractivity contribution in [2.75, 3.05) is 13.2 Å². The van der Waals surface area contributed by atoms with Crippen LogP contribution in [-0.4, -0.2) is 23.6 Å². The summed E-state index contributed by atoms with van der Waals surface area (Å²) in [6.07, 6.45) is 5.49. The summed E-state index contributed by atoms with van der Waals surface area (Å²) in [5.41, 5.74) is 1.86. The lowest BCUT2D eigenvalue weighted by atomic mass is 10.1. The Kier molecular flexibility index (Phi) is 6.55. The smallest absolute Gasteiger partial charge is 0.263 e. The van der Waals surface area contributed by atoms with Crippen LogP contribution in [0, 0.1) is 12.8 Å². The molecule has 5 heteroatoms. The quantitative estimate of drug-likeness (QED) is 0.716. The summed E-state index contributed by atoms with van der Waals surface area (Å²) >= 11 is 0. The molecule has 28 heavy (non-hydrogen) atoms. The summed E-state index contributed by atoms with van der Waals surface area (Å²) in [7, 11) is 0. The molecule has 150 valence electrons. The lowest BCUT2D eigenvalue weighted by Crippen LogP contribution is -2.34. The first-order chi connectivity index (χ1) is 13.5. The summed E-state index contributed by atoms with van der Waals surface area (Å²) in [5, 5.41) is 2.91. The zero-order valence-electron chi connectivity index (χ0n) is 17.0. The molecule has 0 saturated heterocycles. The first-order valence-corrected chi connectivity index (χ1v) is 10.2. The third kappa shape index (κ3) is 5.03. The summed E-state index contributed by atoms with van der Waals surface area (Å²) in [5.74, 6) is 1.17. The van der Waals surface area contributed by atoms with Crippen LogP contribution < -0.4 is 15.6 Å². The Labute approximate surface area is 166 Å². The maximum atomic E-state index is 12.7. The van der Waals surface area contributed by atoms with Gasteiger partial charge in [0.2, 0.25) is 0 Å². The van der Waals surface area contributed by atoms with Crippen LogP contribution in [0.25, 0.3) is 0 Å². The molecule has 1 aromatic heterocycles. The topological polar surface area (TPSA) is 60.3 Å². The lowest BCUT2D eigenvalue weighted by molar-refractivity contribution is 0.0951. The fourth-order valence-electron chi connectivity index (χ4n) is 3.21. The Balaban J connectivity index is 1.61. The predicted molar refractivity (Wildman–Crippen MR) is 111 cm³/mol. The van der Waals surface area contributed by atoms with E-state index in [0.717, 1.165) is 36.1 Å². The summed E-state index contributed by atoms with van der Waals surface area (Å²) in [4.78, 5) is 25.3. The first kappa shape index (κ1) is 20.2. The minimum absolute atomic E-state index is 0.183. The Hall–Kier alpha value is -2.56. The fraction of sp³-hybridized carbons (Fsp3) is 0.478. The molecule has 0 aliphatic heterocycles. The molecule has 0 radical (unpaired) electrons. The molecule has 3 rings (SSSR count). The molecule has 1 N–H and O–H groups in total. The van der Waals surface area contributed by atoms with Crippen LogP contribution in [-0.2, 0) is 6.42 Å². The van der Waals surface area contributed by atoms with Crippen molar-refractivity contribution in [1.82, 2.24) is 9.88 Å². The van der Waals surface area contributed by atoms with E-state index in [0.29, 0.717) is 25.5 Å². The second kappa shape index (κ2) is 9.09. The number of aromatic nitrogens is 1. The fourth-order valence-corrected chi connectivity index (χ4v) is 3.21. The number of carbonyl (C=O) groups is 1. The molecule has 1 aliphatic carbocycles. The maximum absolute atomic E-state index is 12.7. The van der Waals surface area contributed by atoms with E-state index < -0.39 is 0 Å². The van der Waals surface area contributed by atoms with E-state index in [1.807, 2.05) is 37.3 Å². The number of benzene rings is 1. The highest BCUT2D eigenvalue weighted by Crippen LogP contribution is 2.33. The number of nitrogens with one attached hydrogen (secondary N) is 1. The van der Waals surface area contributed by atoms with Crippen LogP contribution in [0.5, 0.6) is 5.75 Å². The van der Waals surface area contributed by atoms with Crippen LogP contribution in [0.4, 0.5) is 0 Å². The van der Waals surface area contributed by atoms with Gasteiger partial charge in [0, 0.05) is 18.8 Å². The van der Waals surface area contributed by atoms with Crippen molar-refractivity contribution in [2.45, 2.75) is 52.5 Å². The van der Waals surface area contributed by atoms with Gasteiger partial charge in [-0.1, -0.05) is 32.0 Å². The van der Waals surface area contributed by atoms with Crippen LogP contribution in [0.15, 0.2) is 41.3 Å². The van der Waals surface area contributed by atoms with Crippen LogP contribution in [0.2, 0.25) is 0 Å². The number of para-hydroxylation sites is 1. The van der Waals surface area contributed by atoms with E-state index in [1.54, 1.807) is 10.8 Å². The summed E-state index contributed by atoms with van der Waals surface area (Å²) in [6, 6.07) is 10.0. The van der Waals surface area contributed by atoms with Gasteiger partial charge in [-0.05, 0) is 61.8 Å². The van der Waals surface area contributed by atoms with E-state index >= 15 is 0 Å². The van der Waals surface area contributed by atoms with Gasteiger partial charge >= 0.3 is 0 Å². The van der Waals surface area contributed by atoms with Crippen molar-refractivity contribution in [3.8, 4) is 5.75 Å². The Morgan fingerprint density at radius 1 is 1.25 bits per heavy atom. The second-order valence-electron chi connectivity index (χ2n) is 7.96. The minimum atomic E-state index is -0.296. The summed E-state index contributed by atoms with van der Waals surface area (Å²) in [6.45, 7) is 7.30. The van der Waals surface area contributed by atoms with Crippen molar-refractivity contribution in [1.29, 1.82) is 0 Å². The maximum Gasteiger partial charge on any atom is 0.263 e. The van der Waals surface area contributed by atoms with Crippen LogP contribution in [0.3, 0.4) is 0 Å². The molecule has 0 bridgehead atoms. The van der Waals surface area contributed by atoms with Crippen LogP contribution >= 0.6 is 0 Å². The average molecular weight is 383 g/mol. The van der Waals surface area contributed by atoms with Gasteiger partial charge in [0.15, 0.2) is 0 Å². The largest absolute Gasteiger partial charge is 0.493 e. The van der Waals surface area contributed by atoms with Gasteiger partial charge in [-0.3, -0.25) is 9.59 Å². The van der Waals surface area contributed by atoms with E-state index in [9.17, 15) is 9.59 Å². The SMILES string of the molecule is Cc1ccn(C2CC2)c(=O)c1C(=O)NCCc1ccccc1OCCC(C)C. The molecule has 0 unspecified atom stereocenters. The van der Waals surface area contributed by atoms with Crippen molar-refractivity contribution in [3.63, 3.8) is 0 Å². The molecule has 0 atom stereocenters. The monoisotopic (exact) mass is 382 g/mol. The molecule has 1 aliphatic rings. The van der Waals surface area contributed by atoms with Gasteiger partial charge in [-0.2, -0.15) is 0 Å². The van der Waals surface area contributed by atoms with Crippen molar-refractivity contribution in [2.24, 2.45) is 5.92 Å².